The van der Waals surface area contributed by atoms with Gasteiger partial charge in [0.25, 0.3) is 0 Å². The van der Waals surface area contributed by atoms with Crippen molar-refractivity contribution < 1.29 is 5.11 Å². The third kappa shape index (κ3) is 1.98. The molecule has 1 aromatic rings. The van der Waals surface area contributed by atoms with Crippen LogP contribution in [0.5, 0.6) is 0 Å². The Morgan fingerprint density at radius 2 is 2.27 bits per heavy atom. The van der Waals surface area contributed by atoms with Gasteiger partial charge >= 0.3 is 0 Å². The van der Waals surface area contributed by atoms with Gasteiger partial charge in [0, 0.05) is 4.88 Å². The molecule has 0 aliphatic heterocycles. The fourth-order valence-electron chi connectivity index (χ4n) is 0.983. The lowest BCUT2D eigenvalue weighted by atomic mass is 10.2. The Labute approximate surface area is 75.4 Å². The number of rotatable bonds is 2. The highest BCUT2D eigenvalue weighted by Crippen LogP contribution is 2.31. The molecule has 1 N–H and O–H groups in total. The molecule has 0 bridgehead atoms. The smallest absolute Gasteiger partial charge is 0.0772 e. The molecular formula is C8H12OS2. The van der Waals surface area contributed by atoms with Crippen LogP contribution in [0, 0.1) is 6.92 Å². The summed E-state index contributed by atoms with van der Waals surface area (Å²) in [6.45, 7) is 3.85. The topological polar surface area (TPSA) is 20.2 Å². The standard InChI is InChI=1S/C8H12OS2/c1-5(9)7-4-8(10-3)11-6(7)2/h4-5,9H,1-3H3. The zero-order chi connectivity index (χ0) is 8.43. The minimum absolute atomic E-state index is 0.327. The highest BCUT2D eigenvalue weighted by Gasteiger charge is 2.08. The molecule has 1 atom stereocenters. The van der Waals surface area contributed by atoms with E-state index in [0.717, 1.165) is 5.56 Å². The summed E-state index contributed by atoms with van der Waals surface area (Å²) in [5, 5.41) is 9.31. The molecule has 11 heavy (non-hydrogen) atoms. The first kappa shape index (κ1) is 9.10. The Kier molecular flexibility index (Phi) is 2.98. The largest absolute Gasteiger partial charge is 0.389 e. The van der Waals surface area contributed by atoms with Gasteiger partial charge in [-0.1, -0.05) is 0 Å². The van der Waals surface area contributed by atoms with Crippen LogP contribution < -0.4 is 0 Å². The maximum Gasteiger partial charge on any atom is 0.0772 e. The monoisotopic (exact) mass is 188 g/mol. The van der Waals surface area contributed by atoms with Crippen molar-refractivity contribution in [2.45, 2.75) is 24.2 Å². The van der Waals surface area contributed by atoms with Crippen LogP contribution in [0.25, 0.3) is 0 Å². The van der Waals surface area contributed by atoms with Crippen molar-refractivity contribution >= 4 is 23.1 Å². The molecule has 0 aliphatic carbocycles. The van der Waals surface area contributed by atoms with Crippen LogP contribution in [-0.4, -0.2) is 11.4 Å². The zero-order valence-electron chi connectivity index (χ0n) is 6.92. The van der Waals surface area contributed by atoms with E-state index in [2.05, 4.69) is 12.3 Å². The minimum atomic E-state index is -0.327. The van der Waals surface area contributed by atoms with Crippen molar-refractivity contribution in [3.63, 3.8) is 0 Å². The molecule has 0 saturated carbocycles. The Morgan fingerprint density at radius 3 is 2.55 bits per heavy atom. The lowest BCUT2D eigenvalue weighted by molar-refractivity contribution is 0.199. The summed E-state index contributed by atoms with van der Waals surface area (Å²) < 4.78 is 1.28. The fourth-order valence-corrected chi connectivity index (χ4v) is 2.77. The second kappa shape index (κ2) is 3.61. The van der Waals surface area contributed by atoms with E-state index in [1.807, 2.05) is 6.92 Å². The maximum atomic E-state index is 9.31. The second-order valence-corrected chi connectivity index (χ2v) is 4.82. The van der Waals surface area contributed by atoms with Crippen molar-refractivity contribution in [1.82, 2.24) is 0 Å². The van der Waals surface area contributed by atoms with Crippen LogP contribution >= 0.6 is 23.1 Å². The summed E-state index contributed by atoms with van der Waals surface area (Å²) in [7, 11) is 0. The first-order chi connectivity index (χ1) is 5.15. The molecule has 0 aromatic carbocycles. The van der Waals surface area contributed by atoms with E-state index in [1.165, 1.54) is 9.09 Å². The number of aryl methyl sites for hydroxylation is 1. The lowest BCUT2D eigenvalue weighted by Crippen LogP contribution is -1.88. The molecule has 0 fully saturated rings. The van der Waals surface area contributed by atoms with Gasteiger partial charge in [-0.15, -0.1) is 23.1 Å². The molecule has 0 spiro atoms. The predicted molar refractivity (Wildman–Crippen MR) is 51.5 cm³/mol. The molecule has 3 heteroatoms. The number of thioether (sulfide) groups is 1. The quantitative estimate of drug-likeness (QED) is 0.720. The second-order valence-electron chi connectivity index (χ2n) is 2.46. The fraction of sp³-hybridized carbons (Fsp3) is 0.500. The number of hydrogen-bond acceptors (Lipinski definition) is 3. The molecule has 0 amide bonds. The minimum Gasteiger partial charge on any atom is -0.389 e. The Morgan fingerprint density at radius 1 is 1.64 bits per heavy atom. The molecule has 1 heterocycles. The van der Waals surface area contributed by atoms with E-state index in [-0.39, 0.29) is 6.10 Å². The molecule has 0 saturated heterocycles. The summed E-state index contributed by atoms with van der Waals surface area (Å²) in [5.41, 5.74) is 1.07. The van der Waals surface area contributed by atoms with E-state index in [0.29, 0.717) is 0 Å². The summed E-state index contributed by atoms with van der Waals surface area (Å²) in [5.74, 6) is 0. The number of aliphatic hydroxyl groups excluding tert-OH is 1. The van der Waals surface area contributed by atoms with Crippen LogP contribution in [-0.2, 0) is 0 Å². The average Bonchev–Trinajstić information content (AvgIpc) is 2.30. The van der Waals surface area contributed by atoms with Gasteiger partial charge in [0.15, 0.2) is 0 Å². The van der Waals surface area contributed by atoms with E-state index in [1.54, 1.807) is 30.0 Å². The van der Waals surface area contributed by atoms with Gasteiger partial charge in [-0.05, 0) is 31.7 Å². The van der Waals surface area contributed by atoms with Crippen molar-refractivity contribution in [1.29, 1.82) is 0 Å². The third-order valence-electron chi connectivity index (χ3n) is 1.58. The van der Waals surface area contributed by atoms with Crippen molar-refractivity contribution in [2.24, 2.45) is 0 Å². The van der Waals surface area contributed by atoms with Gasteiger partial charge < -0.3 is 5.11 Å². The van der Waals surface area contributed by atoms with E-state index in [4.69, 9.17) is 0 Å². The molecule has 1 aromatic heterocycles. The number of thiophene rings is 1. The van der Waals surface area contributed by atoms with Crippen molar-refractivity contribution in [2.75, 3.05) is 6.26 Å². The summed E-state index contributed by atoms with van der Waals surface area (Å²) in [6.07, 6.45) is 1.73. The van der Waals surface area contributed by atoms with E-state index in [9.17, 15) is 5.11 Å². The highest BCUT2D eigenvalue weighted by molar-refractivity contribution is 8.00. The van der Waals surface area contributed by atoms with Gasteiger partial charge in [-0.2, -0.15) is 0 Å². The van der Waals surface area contributed by atoms with Crippen LogP contribution in [0.15, 0.2) is 10.3 Å². The molecule has 1 unspecified atom stereocenters. The first-order valence-corrected chi connectivity index (χ1v) is 5.51. The number of aliphatic hydroxyl groups is 1. The van der Waals surface area contributed by atoms with Gasteiger partial charge in [0.05, 0.1) is 10.3 Å². The van der Waals surface area contributed by atoms with Crippen LogP contribution in [0.4, 0.5) is 0 Å². The summed E-state index contributed by atoms with van der Waals surface area (Å²) in [6, 6.07) is 2.06. The summed E-state index contributed by atoms with van der Waals surface area (Å²) in [4.78, 5) is 1.23. The molecular weight excluding hydrogens is 176 g/mol. The predicted octanol–water partition coefficient (Wildman–Crippen LogP) is 2.83. The van der Waals surface area contributed by atoms with Crippen LogP contribution in [0.2, 0.25) is 0 Å². The highest BCUT2D eigenvalue weighted by atomic mass is 32.2. The summed E-state index contributed by atoms with van der Waals surface area (Å²) >= 11 is 3.47. The van der Waals surface area contributed by atoms with Crippen LogP contribution in [0.1, 0.15) is 23.5 Å². The Bertz CT molecular complexity index is 240. The van der Waals surface area contributed by atoms with Gasteiger partial charge in [0.2, 0.25) is 0 Å². The lowest BCUT2D eigenvalue weighted by Gasteiger charge is -2.00. The molecule has 1 nitrogen and oxygen atoms in total. The van der Waals surface area contributed by atoms with Crippen molar-refractivity contribution in [3.05, 3.63) is 16.5 Å². The molecule has 0 radical (unpaired) electrons. The zero-order valence-corrected chi connectivity index (χ0v) is 8.55. The first-order valence-electron chi connectivity index (χ1n) is 3.47. The molecule has 62 valence electrons. The van der Waals surface area contributed by atoms with E-state index >= 15 is 0 Å². The van der Waals surface area contributed by atoms with Crippen LogP contribution in [0.3, 0.4) is 0 Å². The van der Waals surface area contributed by atoms with Gasteiger partial charge in [-0.25, -0.2) is 0 Å². The Balaban J connectivity index is 2.97. The van der Waals surface area contributed by atoms with Gasteiger partial charge in [0.1, 0.15) is 0 Å². The number of hydrogen-bond donors (Lipinski definition) is 1. The molecule has 0 aliphatic rings. The van der Waals surface area contributed by atoms with E-state index < -0.39 is 0 Å². The van der Waals surface area contributed by atoms with Gasteiger partial charge in [-0.3, -0.25) is 0 Å². The molecule has 1 rings (SSSR count). The third-order valence-corrected chi connectivity index (χ3v) is 3.72. The SMILES string of the molecule is CSc1cc(C(C)O)c(C)s1. The normalized spacial score (nSPS) is 13.5. The average molecular weight is 188 g/mol. The maximum absolute atomic E-state index is 9.31. The Hall–Kier alpha value is 0.01000. The van der Waals surface area contributed by atoms with Crippen molar-refractivity contribution in [3.8, 4) is 0 Å².